The number of carbonyl (C=O) groups excluding carboxylic acids is 1. The Hall–Kier alpha value is -2.06. The van der Waals surface area contributed by atoms with Crippen LogP contribution in [0.1, 0.15) is 0 Å². The van der Waals surface area contributed by atoms with Crippen LogP contribution in [0.25, 0.3) is 0 Å². The van der Waals surface area contributed by atoms with Crippen molar-refractivity contribution in [1.29, 1.82) is 0 Å². The Balaban J connectivity index is 2.80. The standard InChI is InChI=1S/C9H6O4/c10-6-8(9(11)12)13-7-4-2-1-3-5-7/h1-5H,(H,11,12). The molecule has 0 atom stereocenters. The minimum Gasteiger partial charge on any atom is -0.475 e. The van der Waals surface area contributed by atoms with Gasteiger partial charge in [-0.1, -0.05) is 18.2 Å². The third-order valence-electron chi connectivity index (χ3n) is 1.25. The molecule has 1 rings (SSSR count). The van der Waals surface area contributed by atoms with Crippen LogP contribution in [-0.2, 0) is 9.59 Å². The first-order valence-electron chi connectivity index (χ1n) is 3.45. The van der Waals surface area contributed by atoms with Gasteiger partial charge >= 0.3 is 5.97 Å². The molecule has 0 fully saturated rings. The summed E-state index contributed by atoms with van der Waals surface area (Å²) < 4.78 is 4.72. The SMILES string of the molecule is O=C=C(Oc1ccccc1)C(=O)O. The van der Waals surface area contributed by atoms with Crippen molar-refractivity contribution in [2.45, 2.75) is 0 Å². The van der Waals surface area contributed by atoms with E-state index in [4.69, 9.17) is 9.84 Å². The molecule has 0 aliphatic carbocycles. The number of rotatable bonds is 3. The summed E-state index contributed by atoms with van der Waals surface area (Å²) in [6.45, 7) is 0. The van der Waals surface area contributed by atoms with Gasteiger partial charge in [-0.2, -0.15) is 0 Å². The van der Waals surface area contributed by atoms with Gasteiger partial charge in [0.25, 0.3) is 5.76 Å². The Kier molecular flexibility index (Phi) is 2.84. The molecule has 0 heterocycles. The highest BCUT2D eigenvalue weighted by Gasteiger charge is 2.10. The Morgan fingerprint density at radius 1 is 1.31 bits per heavy atom. The van der Waals surface area contributed by atoms with E-state index in [-0.39, 0.29) is 0 Å². The third kappa shape index (κ3) is 2.47. The van der Waals surface area contributed by atoms with Gasteiger partial charge in [-0.25, -0.2) is 9.59 Å². The lowest BCUT2D eigenvalue weighted by molar-refractivity contribution is -0.134. The smallest absolute Gasteiger partial charge is 0.383 e. The maximum absolute atomic E-state index is 10.3. The minimum atomic E-state index is -1.43. The summed E-state index contributed by atoms with van der Waals surface area (Å²) >= 11 is 0. The molecule has 0 aromatic heterocycles. The molecule has 0 bridgehead atoms. The highest BCUT2D eigenvalue weighted by molar-refractivity contribution is 5.93. The number of para-hydroxylation sites is 1. The summed E-state index contributed by atoms with van der Waals surface area (Å²) in [4.78, 5) is 20.4. The van der Waals surface area contributed by atoms with E-state index in [2.05, 4.69) is 0 Å². The molecule has 4 nitrogen and oxygen atoms in total. The monoisotopic (exact) mass is 178 g/mol. The van der Waals surface area contributed by atoms with E-state index in [0.717, 1.165) is 0 Å². The number of aliphatic carboxylic acids is 1. The molecule has 66 valence electrons. The fourth-order valence-corrected chi connectivity index (χ4v) is 0.715. The second-order valence-electron chi connectivity index (χ2n) is 2.15. The van der Waals surface area contributed by atoms with Crippen molar-refractivity contribution < 1.29 is 19.4 Å². The van der Waals surface area contributed by atoms with Gasteiger partial charge in [0.1, 0.15) is 5.75 Å². The molecular formula is C9H6O4. The fraction of sp³-hybridized carbons (Fsp3) is 0. The van der Waals surface area contributed by atoms with Crippen molar-refractivity contribution in [2.24, 2.45) is 0 Å². The van der Waals surface area contributed by atoms with Crippen molar-refractivity contribution >= 4 is 11.9 Å². The number of carboxylic acid groups (broad SMARTS) is 1. The number of benzene rings is 1. The van der Waals surface area contributed by atoms with E-state index in [9.17, 15) is 9.59 Å². The molecule has 0 saturated carbocycles. The van der Waals surface area contributed by atoms with Gasteiger partial charge in [-0.15, -0.1) is 0 Å². The lowest BCUT2D eigenvalue weighted by atomic mass is 10.3. The molecule has 4 heteroatoms. The number of ether oxygens (including phenoxy) is 1. The Morgan fingerprint density at radius 2 is 1.92 bits per heavy atom. The molecule has 0 spiro atoms. The second-order valence-corrected chi connectivity index (χ2v) is 2.15. The van der Waals surface area contributed by atoms with E-state index in [1.54, 1.807) is 30.3 Å². The van der Waals surface area contributed by atoms with E-state index in [1.165, 1.54) is 5.94 Å². The van der Waals surface area contributed by atoms with Gasteiger partial charge in [-0.05, 0) is 12.1 Å². The molecule has 0 unspecified atom stereocenters. The van der Waals surface area contributed by atoms with Crippen LogP contribution >= 0.6 is 0 Å². The van der Waals surface area contributed by atoms with E-state index >= 15 is 0 Å². The van der Waals surface area contributed by atoms with Crippen LogP contribution in [-0.4, -0.2) is 17.0 Å². The molecule has 0 aliphatic rings. The maximum Gasteiger partial charge on any atom is 0.383 e. The molecule has 0 aliphatic heterocycles. The average molecular weight is 178 g/mol. The lowest BCUT2D eigenvalue weighted by Gasteiger charge is -2.00. The van der Waals surface area contributed by atoms with Gasteiger partial charge in [0.15, 0.2) is 5.94 Å². The topological polar surface area (TPSA) is 63.6 Å². The van der Waals surface area contributed by atoms with Crippen LogP contribution in [0, 0.1) is 0 Å². The summed E-state index contributed by atoms with van der Waals surface area (Å²) in [5.41, 5.74) is 0. The highest BCUT2D eigenvalue weighted by Crippen LogP contribution is 2.11. The van der Waals surface area contributed by atoms with E-state index < -0.39 is 11.7 Å². The summed E-state index contributed by atoms with van der Waals surface area (Å²) in [6, 6.07) is 8.16. The molecule has 1 aromatic carbocycles. The number of carbonyl (C=O) groups is 1. The first-order chi connectivity index (χ1) is 6.24. The Morgan fingerprint density at radius 3 is 2.38 bits per heavy atom. The van der Waals surface area contributed by atoms with E-state index in [1.807, 2.05) is 0 Å². The van der Waals surface area contributed by atoms with Crippen LogP contribution in [0.3, 0.4) is 0 Å². The molecule has 0 amide bonds. The quantitative estimate of drug-likeness (QED) is 0.423. The molecule has 0 radical (unpaired) electrons. The summed E-state index contributed by atoms with van der Waals surface area (Å²) in [5.74, 6) is -0.686. The van der Waals surface area contributed by atoms with Crippen molar-refractivity contribution in [1.82, 2.24) is 0 Å². The van der Waals surface area contributed by atoms with Crippen LogP contribution in [0.15, 0.2) is 36.1 Å². The van der Waals surface area contributed by atoms with Crippen molar-refractivity contribution in [3.8, 4) is 5.75 Å². The maximum atomic E-state index is 10.3. The molecular weight excluding hydrogens is 172 g/mol. The first-order valence-corrected chi connectivity index (χ1v) is 3.45. The van der Waals surface area contributed by atoms with Crippen LogP contribution in [0.2, 0.25) is 0 Å². The van der Waals surface area contributed by atoms with Crippen molar-refractivity contribution in [3.63, 3.8) is 0 Å². The number of hydrogen-bond donors (Lipinski definition) is 1. The average Bonchev–Trinajstić information content (AvgIpc) is 2.15. The zero-order valence-electron chi connectivity index (χ0n) is 6.56. The predicted octanol–water partition coefficient (Wildman–Crippen LogP) is 0.865. The minimum absolute atomic E-state index is 0.295. The zero-order chi connectivity index (χ0) is 9.68. The summed E-state index contributed by atoms with van der Waals surface area (Å²) in [7, 11) is 0. The highest BCUT2D eigenvalue weighted by atomic mass is 16.5. The van der Waals surface area contributed by atoms with Crippen LogP contribution in [0.4, 0.5) is 0 Å². The molecule has 0 saturated heterocycles. The van der Waals surface area contributed by atoms with Crippen LogP contribution < -0.4 is 4.74 Å². The largest absolute Gasteiger partial charge is 0.475 e. The van der Waals surface area contributed by atoms with Gasteiger partial charge in [0.05, 0.1) is 0 Å². The second kappa shape index (κ2) is 4.09. The van der Waals surface area contributed by atoms with Gasteiger partial charge in [-0.3, -0.25) is 0 Å². The molecule has 13 heavy (non-hydrogen) atoms. The van der Waals surface area contributed by atoms with Crippen molar-refractivity contribution in [3.05, 3.63) is 36.1 Å². The molecule has 1 N–H and O–H groups in total. The first kappa shape index (κ1) is 9.03. The third-order valence-corrected chi connectivity index (χ3v) is 1.25. The number of hydrogen-bond acceptors (Lipinski definition) is 3. The van der Waals surface area contributed by atoms with Gasteiger partial charge in [0, 0.05) is 0 Å². The lowest BCUT2D eigenvalue weighted by Crippen LogP contribution is -2.08. The van der Waals surface area contributed by atoms with Crippen LogP contribution in [0.5, 0.6) is 5.75 Å². The van der Waals surface area contributed by atoms with Crippen molar-refractivity contribution in [2.75, 3.05) is 0 Å². The van der Waals surface area contributed by atoms with Gasteiger partial charge < -0.3 is 9.84 Å². The molecule has 1 aromatic rings. The Bertz CT molecular complexity index is 349. The summed E-state index contributed by atoms with van der Waals surface area (Å²) in [5, 5.41) is 8.41. The van der Waals surface area contributed by atoms with E-state index in [0.29, 0.717) is 5.75 Å². The fourth-order valence-electron chi connectivity index (χ4n) is 0.715. The predicted molar refractivity (Wildman–Crippen MR) is 43.9 cm³/mol. The normalized spacial score (nSPS) is 8.62. The summed E-state index contributed by atoms with van der Waals surface area (Å²) in [6.07, 6.45) is 0. The zero-order valence-corrected chi connectivity index (χ0v) is 6.56. The number of carboxylic acids is 1. The Labute approximate surface area is 74.1 Å². The van der Waals surface area contributed by atoms with Gasteiger partial charge in [0.2, 0.25) is 0 Å².